The number of likely N-dealkylation sites (tertiary alicyclic amines) is 1. The van der Waals surface area contributed by atoms with Gasteiger partial charge in [-0.1, -0.05) is 23.8 Å². The standard InChI is InChI=1S/C22H30ClN3O2S/c1-22(2,3)28-21(27)26-11-9-18(10-12-26)25(4)20(29)8-6-17-14-15-13-16(23)5-7-19(15)24-17/h5,7,13-14,18,24H,6,8-12H2,1-4H3. The van der Waals surface area contributed by atoms with Crippen molar-refractivity contribution >= 4 is 45.8 Å². The molecule has 5 nitrogen and oxygen atoms in total. The van der Waals surface area contributed by atoms with Gasteiger partial charge in [0.15, 0.2) is 0 Å². The number of aromatic amines is 1. The molecule has 1 aliphatic heterocycles. The number of nitrogens with one attached hydrogen (secondary N) is 1. The van der Waals surface area contributed by atoms with E-state index in [2.05, 4.69) is 23.0 Å². The largest absolute Gasteiger partial charge is 0.444 e. The Morgan fingerprint density at radius 2 is 2.00 bits per heavy atom. The predicted octanol–water partition coefficient (Wildman–Crippen LogP) is 5.41. The van der Waals surface area contributed by atoms with Crippen LogP contribution in [0.15, 0.2) is 24.3 Å². The van der Waals surface area contributed by atoms with Crippen LogP contribution in [-0.2, 0) is 11.2 Å². The number of aromatic nitrogens is 1. The second-order valence-corrected chi connectivity index (χ2v) is 9.64. The van der Waals surface area contributed by atoms with Gasteiger partial charge in [0.2, 0.25) is 0 Å². The minimum Gasteiger partial charge on any atom is -0.444 e. The lowest BCUT2D eigenvalue weighted by molar-refractivity contribution is 0.0179. The van der Waals surface area contributed by atoms with Gasteiger partial charge in [0.25, 0.3) is 0 Å². The zero-order valence-corrected chi connectivity index (χ0v) is 19.2. The summed E-state index contributed by atoms with van der Waals surface area (Å²) < 4.78 is 5.48. The molecule has 2 aromatic rings. The zero-order valence-electron chi connectivity index (χ0n) is 17.6. The summed E-state index contributed by atoms with van der Waals surface area (Å²) in [6.07, 6.45) is 3.27. The van der Waals surface area contributed by atoms with Crippen molar-refractivity contribution in [3.63, 3.8) is 0 Å². The first-order valence-electron chi connectivity index (χ1n) is 10.1. The van der Waals surface area contributed by atoms with Crippen molar-refractivity contribution in [2.24, 2.45) is 0 Å². The first-order chi connectivity index (χ1) is 13.6. The topological polar surface area (TPSA) is 48.6 Å². The van der Waals surface area contributed by atoms with Crippen molar-refractivity contribution < 1.29 is 9.53 Å². The summed E-state index contributed by atoms with van der Waals surface area (Å²) in [4.78, 5) is 20.6. The van der Waals surface area contributed by atoms with Crippen LogP contribution in [0, 0.1) is 0 Å². The van der Waals surface area contributed by atoms with E-state index >= 15 is 0 Å². The van der Waals surface area contributed by atoms with Crippen LogP contribution < -0.4 is 0 Å². The van der Waals surface area contributed by atoms with E-state index in [1.807, 2.05) is 39.0 Å². The maximum atomic E-state index is 12.2. The molecule has 0 unspecified atom stereocenters. The van der Waals surface area contributed by atoms with Gasteiger partial charge in [0, 0.05) is 54.2 Å². The molecular formula is C22H30ClN3O2S. The Morgan fingerprint density at radius 3 is 2.66 bits per heavy atom. The summed E-state index contributed by atoms with van der Waals surface area (Å²) in [6, 6.07) is 8.38. The van der Waals surface area contributed by atoms with Crippen molar-refractivity contribution in [1.82, 2.24) is 14.8 Å². The van der Waals surface area contributed by atoms with Crippen molar-refractivity contribution in [3.8, 4) is 0 Å². The van der Waals surface area contributed by atoms with Gasteiger partial charge in [-0.2, -0.15) is 0 Å². The molecule has 1 amide bonds. The number of ether oxygens (including phenoxy) is 1. The third-order valence-corrected chi connectivity index (χ3v) is 6.03. The van der Waals surface area contributed by atoms with E-state index in [9.17, 15) is 4.79 Å². The summed E-state index contributed by atoms with van der Waals surface area (Å²) in [5, 5.41) is 1.87. The summed E-state index contributed by atoms with van der Waals surface area (Å²) in [6.45, 7) is 7.09. The number of rotatable bonds is 4. The highest BCUT2D eigenvalue weighted by molar-refractivity contribution is 7.80. The highest BCUT2D eigenvalue weighted by Crippen LogP contribution is 2.22. The van der Waals surface area contributed by atoms with Crippen molar-refractivity contribution in [2.45, 2.75) is 58.1 Å². The van der Waals surface area contributed by atoms with Crippen LogP contribution in [0.3, 0.4) is 0 Å². The Bertz CT molecular complexity index is 882. The van der Waals surface area contributed by atoms with E-state index in [-0.39, 0.29) is 6.09 Å². The van der Waals surface area contributed by atoms with Crippen LogP contribution in [0.4, 0.5) is 4.79 Å². The Hall–Kier alpha value is -1.79. The van der Waals surface area contributed by atoms with E-state index in [0.717, 1.165) is 52.3 Å². The van der Waals surface area contributed by atoms with Crippen LogP contribution in [0.2, 0.25) is 5.02 Å². The maximum absolute atomic E-state index is 12.2. The van der Waals surface area contributed by atoms with Gasteiger partial charge >= 0.3 is 6.09 Å². The molecular weight excluding hydrogens is 406 g/mol. The fourth-order valence-electron chi connectivity index (χ4n) is 3.68. The van der Waals surface area contributed by atoms with E-state index in [4.69, 9.17) is 28.6 Å². The van der Waals surface area contributed by atoms with E-state index in [1.54, 1.807) is 4.90 Å². The van der Waals surface area contributed by atoms with Gasteiger partial charge in [0.05, 0.1) is 4.99 Å². The highest BCUT2D eigenvalue weighted by Gasteiger charge is 2.29. The Kier molecular flexibility index (Phi) is 6.74. The van der Waals surface area contributed by atoms with Gasteiger partial charge in [-0.15, -0.1) is 0 Å². The number of H-pyrrole nitrogens is 1. The summed E-state index contributed by atoms with van der Waals surface area (Å²) in [7, 11) is 2.07. The molecule has 1 saturated heterocycles. The second-order valence-electron chi connectivity index (χ2n) is 8.73. The molecule has 0 bridgehead atoms. The second kappa shape index (κ2) is 8.92. The number of hydrogen-bond acceptors (Lipinski definition) is 3. The molecule has 1 N–H and O–H groups in total. The number of piperidine rings is 1. The minimum atomic E-state index is -0.458. The number of nitrogens with zero attached hydrogens (tertiary/aromatic N) is 2. The highest BCUT2D eigenvalue weighted by atomic mass is 35.5. The number of benzene rings is 1. The van der Waals surface area contributed by atoms with Crippen molar-refractivity contribution in [2.75, 3.05) is 20.1 Å². The molecule has 1 aromatic carbocycles. The lowest BCUT2D eigenvalue weighted by Crippen LogP contribution is -2.48. The van der Waals surface area contributed by atoms with Crippen LogP contribution in [0.25, 0.3) is 10.9 Å². The summed E-state index contributed by atoms with van der Waals surface area (Å²) in [5.74, 6) is 0. The van der Waals surface area contributed by atoms with Crippen LogP contribution >= 0.6 is 23.8 Å². The molecule has 1 fully saturated rings. The Morgan fingerprint density at radius 1 is 1.31 bits per heavy atom. The molecule has 0 radical (unpaired) electrons. The smallest absolute Gasteiger partial charge is 0.410 e. The summed E-state index contributed by atoms with van der Waals surface area (Å²) >= 11 is 11.8. The maximum Gasteiger partial charge on any atom is 0.410 e. The van der Waals surface area contributed by atoms with E-state index < -0.39 is 5.60 Å². The molecule has 0 aliphatic carbocycles. The third kappa shape index (κ3) is 5.86. The quantitative estimate of drug-likeness (QED) is 0.652. The molecule has 1 aromatic heterocycles. The Labute approximate surface area is 183 Å². The molecule has 0 saturated carbocycles. The van der Waals surface area contributed by atoms with Gasteiger partial charge in [-0.3, -0.25) is 0 Å². The molecule has 1 aliphatic rings. The van der Waals surface area contributed by atoms with Gasteiger partial charge in [0.1, 0.15) is 5.60 Å². The molecule has 158 valence electrons. The number of halogens is 1. The fraction of sp³-hybridized carbons (Fsp3) is 0.545. The lowest BCUT2D eigenvalue weighted by Gasteiger charge is -2.38. The van der Waals surface area contributed by atoms with Gasteiger partial charge in [-0.25, -0.2) is 4.79 Å². The van der Waals surface area contributed by atoms with Gasteiger partial charge in [-0.05, 0) is 64.3 Å². The number of hydrogen-bond donors (Lipinski definition) is 1. The molecule has 0 spiro atoms. The molecule has 3 rings (SSSR count). The van der Waals surface area contributed by atoms with Crippen LogP contribution in [-0.4, -0.2) is 57.6 Å². The average molecular weight is 436 g/mol. The third-order valence-electron chi connectivity index (χ3n) is 5.30. The Balaban J connectivity index is 1.48. The summed E-state index contributed by atoms with van der Waals surface area (Å²) in [5.41, 5.74) is 1.80. The first-order valence-corrected chi connectivity index (χ1v) is 10.9. The first kappa shape index (κ1) is 21.9. The number of thiocarbonyl (C=S) groups is 1. The number of amides is 1. The van der Waals surface area contributed by atoms with Gasteiger partial charge < -0.3 is 19.5 Å². The molecule has 29 heavy (non-hydrogen) atoms. The van der Waals surface area contributed by atoms with Crippen molar-refractivity contribution in [3.05, 3.63) is 35.0 Å². The van der Waals surface area contributed by atoms with Crippen LogP contribution in [0.1, 0.15) is 45.7 Å². The monoisotopic (exact) mass is 435 g/mol. The SMILES string of the molecule is CN(C(=S)CCc1cc2cc(Cl)ccc2[nH]1)C1CCN(C(=O)OC(C)(C)C)CC1. The lowest BCUT2D eigenvalue weighted by atomic mass is 10.0. The molecule has 2 heterocycles. The zero-order chi connectivity index (χ0) is 21.2. The van der Waals surface area contributed by atoms with E-state index in [0.29, 0.717) is 19.1 Å². The average Bonchev–Trinajstić information content (AvgIpc) is 3.06. The number of aryl methyl sites for hydroxylation is 1. The van der Waals surface area contributed by atoms with E-state index in [1.165, 1.54) is 0 Å². The number of carbonyl (C=O) groups excluding carboxylic acids is 1. The minimum absolute atomic E-state index is 0.222. The predicted molar refractivity (Wildman–Crippen MR) is 123 cm³/mol. The molecule has 7 heteroatoms. The number of fused-ring (bicyclic) bond motifs is 1. The number of carbonyl (C=O) groups is 1. The fourth-order valence-corrected chi connectivity index (χ4v) is 4.11. The normalized spacial score (nSPS) is 15.6. The van der Waals surface area contributed by atoms with Crippen molar-refractivity contribution in [1.29, 1.82) is 0 Å². The van der Waals surface area contributed by atoms with Crippen LogP contribution in [0.5, 0.6) is 0 Å². The molecule has 0 atom stereocenters.